The first-order chi connectivity index (χ1) is 10.1. The van der Waals surface area contributed by atoms with E-state index < -0.39 is 11.8 Å². The van der Waals surface area contributed by atoms with Gasteiger partial charge in [0, 0.05) is 0 Å². The molecule has 0 radical (unpaired) electrons. The van der Waals surface area contributed by atoms with Crippen LogP contribution in [-0.2, 0) is 17.8 Å². The number of halogens is 1. The number of rotatable bonds is 5. The van der Waals surface area contributed by atoms with Crippen LogP contribution in [0.2, 0.25) is 0 Å². The second-order valence-corrected chi connectivity index (χ2v) is 4.40. The van der Waals surface area contributed by atoms with Crippen LogP contribution in [0.25, 0.3) is 0 Å². The zero-order valence-corrected chi connectivity index (χ0v) is 11.0. The molecular weight excluding hydrogens is 273 g/mol. The number of benzene rings is 2. The van der Waals surface area contributed by atoms with Gasteiger partial charge in [0.15, 0.2) is 0 Å². The molecule has 0 saturated carbocycles. The van der Waals surface area contributed by atoms with E-state index in [4.69, 9.17) is 15.1 Å². The number of nitrogens with zero attached hydrogens (tertiary/aromatic N) is 1. The van der Waals surface area contributed by atoms with Gasteiger partial charge < -0.3 is 9.84 Å². The molecule has 0 spiro atoms. The van der Waals surface area contributed by atoms with Gasteiger partial charge in [-0.2, -0.15) is 5.26 Å². The summed E-state index contributed by atoms with van der Waals surface area (Å²) in [5, 5.41) is 17.6. The Kier molecular flexibility index (Phi) is 4.52. The van der Waals surface area contributed by atoms with Crippen LogP contribution in [0.1, 0.15) is 16.7 Å². The van der Waals surface area contributed by atoms with Crippen molar-refractivity contribution in [3.63, 3.8) is 0 Å². The molecule has 0 unspecified atom stereocenters. The van der Waals surface area contributed by atoms with E-state index in [1.807, 2.05) is 0 Å². The Bertz CT molecular complexity index is 690. The van der Waals surface area contributed by atoms with Gasteiger partial charge >= 0.3 is 5.97 Å². The number of carboxylic acids is 1. The second kappa shape index (κ2) is 6.53. The Hall–Kier alpha value is -2.87. The van der Waals surface area contributed by atoms with Crippen LogP contribution in [0, 0.1) is 17.1 Å². The Labute approximate surface area is 121 Å². The van der Waals surface area contributed by atoms with Gasteiger partial charge in [-0.25, -0.2) is 4.39 Å². The van der Waals surface area contributed by atoms with E-state index in [2.05, 4.69) is 0 Å². The van der Waals surface area contributed by atoms with Crippen LogP contribution in [0.4, 0.5) is 4.39 Å². The molecule has 0 amide bonds. The molecule has 5 heteroatoms. The highest BCUT2D eigenvalue weighted by molar-refractivity contribution is 5.70. The molecule has 1 N–H and O–H groups in total. The Morgan fingerprint density at radius 2 is 1.86 bits per heavy atom. The standard InChI is InChI=1S/C16H12FNO3/c17-14-2-1-3-15(13(14)9-18)21-10-12-6-4-11(5-7-12)8-16(19)20/h1-7H,8,10H2,(H,19,20). The number of hydrogen-bond donors (Lipinski definition) is 1. The lowest BCUT2D eigenvalue weighted by molar-refractivity contribution is -0.136. The molecule has 2 rings (SSSR count). The molecule has 2 aromatic carbocycles. The van der Waals surface area contributed by atoms with Crippen LogP contribution in [0.5, 0.6) is 5.75 Å². The first kappa shape index (κ1) is 14.5. The van der Waals surface area contributed by atoms with Crippen LogP contribution in [0.15, 0.2) is 42.5 Å². The van der Waals surface area contributed by atoms with Crippen molar-refractivity contribution in [3.05, 3.63) is 65.0 Å². The summed E-state index contributed by atoms with van der Waals surface area (Å²) in [4.78, 5) is 10.6. The lowest BCUT2D eigenvalue weighted by atomic mass is 10.1. The molecule has 0 fully saturated rings. The molecule has 0 bridgehead atoms. The van der Waals surface area contributed by atoms with Gasteiger partial charge in [-0.15, -0.1) is 0 Å². The molecule has 2 aromatic rings. The van der Waals surface area contributed by atoms with E-state index in [-0.39, 0.29) is 24.3 Å². The topological polar surface area (TPSA) is 70.3 Å². The average Bonchev–Trinajstić information content (AvgIpc) is 2.46. The normalized spacial score (nSPS) is 9.90. The maximum atomic E-state index is 13.4. The molecule has 0 atom stereocenters. The molecule has 106 valence electrons. The van der Waals surface area contributed by atoms with E-state index in [0.717, 1.165) is 5.56 Å². The number of ether oxygens (including phenoxy) is 1. The number of aliphatic carboxylic acids is 1. The predicted octanol–water partition coefficient (Wildman–Crippen LogP) is 2.90. The largest absolute Gasteiger partial charge is 0.487 e. The zero-order valence-electron chi connectivity index (χ0n) is 11.0. The minimum absolute atomic E-state index is 0.0381. The van der Waals surface area contributed by atoms with Crippen molar-refractivity contribution in [1.29, 1.82) is 5.26 Å². The summed E-state index contributed by atoms with van der Waals surface area (Å²) in [6.45, 7) is 0.172. The fourth-order valence-corrected chi connectivity index (χ4v) is 1.82. The average molecular weight is 285 g/mol. The summed E-state index contributed by atoms with van der Waals surface area (Å²) in [6.07, 6.45) is -0.0381. The molecule has 4 nitrogen and oxygen atoms in total. The van der Waals surface area contributed by atoms with Gasteiger partial charge in [0.05, 0.1) is 6.42 Å². The quantitative estimate of drug-likeness (QED) is 0.917. The predicted molar refractivity (Wildman–Crippen MR) is 73.2 cm³/mol. The summed E-state index contributed by atoms with van der Waals surface area (Å²) < 4.78 is 18.8. The zero-order chi connectivity index (χ0) is 15.2. The summed E-state index contributed by atoms with van der Waals surface area (Å²) in [5.74, 6) is -1.32. The fraction of sp³-hybridized carbons (Fsp3) is 0.125. The first-order valence-electron chi connectivity index (χ1n) is 6.21. The third-order valence-corrected chi connectivity index (χ3v) is 2.86. The monoisotopic (exact) mass is 285 g/mol. The van der Waals surface area contributed by atoms with Gasteiger partial charge in [-0.3, -0.25) is 4.79 Å². The van der Waals surface area contributed by atoms with Crippen LogP contribution in [-0.4, -0.2) is 11.1 Å². The summed E-state index contributed by atoms with van der Waals surface area (Å²) in [6, 6.07) is 12.8. The smallest absolute Gasteiger partial charge is 0.307 e. The van der Waals surface area contributed by atoms with Crippen molar-refractivity contribution in [1.82, 2.24) is 0 Å². The van der Waals surface area contributed by atoms with Gasteiger partial charge in [0.1, 0.15) is 29.8 Å². The SMILES string of the molecule is N#Cc1c(F)cccc1OCc1ccc(CC(=O)O)cc1. The van der Waals surface area contributed by atoms with Gasteiger partial charge in [0.2, 0.25) is 0 Å². The number of nitriles is 1. The van der Waals surface area contributed by atoms with Crippen LogP contribution < -0.4 is 4.74 Å². The highest BCUT2D eigenvalue weighted by atomic mass is 19.1. The minimum atomic E-state index is -0.891. The van der Waals surface area contributed by atoms with Gasteiger partial charge in [-0.05, 0) is 23.3 Å². The van der Waals surface area contributed by atoms with Gasteiger partial charge in [-0.1, -0.05) is 30.3 Å². The molecule has 0 aromatic heterocycles. The molecule has 21 heavy (non-hydrogen) atoms. The highest BCUT2D eigenvalue weighted by Crippen LogP contribution is 2.21. The number of carbonyl (C=O) groups is 1. The van der Waals surface area contributed by atoms with Crippen molar-refractivity contribution in [3.8, 4) is 11.8 Å². The van der Waals surface area contributed by atoms with Crippen molar-refractivity contribution < 1.29 is 19.0 Å². The molecule has 0 aliphatic carbocycles. The van der Waals surface area contributed by atoms with E-state index in [1.54, 1.807) is 30.3 Å². The van der Waals surface area contributed by atoms with Crippen molar-refractivity contribution >= 4 is 5.97 Å². The van der Waals surface area contributed by atoms with E-state index in [0.29, 0.717) is 5.56 Å². The third kappa shape index (κ3) is 3.80. The summed E-state index contributed by atoms with van der Waals surface area (Å²) in [5.41, 5.74) is 1.37. The van der Waals surface area contributed by atoms with Crippen molar-refractivity contribution in [2.75, 3.05) is 0 Å². The lowest BCUT2D eigenvalue weighted by Gasteiger charge is -2.08. The lowest BCUT2D eigenvalue weighted by Crippen LogP contribution is -2.01. The van der Waals surface area contributed by atoms with E-state index in [1.165, 1.54) is 18.2 Å². The van der Waals surface area contributed by atoms with Crippen molar-refractivity contribution in [2.45, 2.75) is 13.0 Å². The summed E-state index contributed by atoms with van der Waals surface area (Å²) in [7, 11) is 0. The van der Waals surface area contributed by atoms with Gasteiger partial charge in [0.25, 0.3) is 0 Å². The fourth-order valence-electron chi connectivity index (χ4n) is 1.82. The number of hydrogen-bond acceptors (Lipinski definition) is 3. The minimum Gasteiger partial charge on any atom is -0.487 e. The molecule has 0 aliphatic rings. The third-order valence-electron chi connectivity index (χ3n) is 2.86. The highest BCUT2D eigenvalue weighted by Gasteiger charge is 2.09. The van der Waals surface area contributed by atoms with E-state index >= 15 is 0 Å². The maximum Gasteiger partial charge on any atom is 0.307 e. The Balaban J connectivity index is 2.05. The Morgan fingerprint density at radius 1 is 1.19 bits per heavy atom. The maximum absolute atomic E-state index is 13.4. The second-order valence-electron chi connectivity index (χ2n) is 4.40. The molecule has 0 saturated heterocycles. The van der Waals surface area contributed by atoms with Crippen molar-refractivity contribution in [2.24, 2.45) is 0 Å². The first-order valence-corrected chi connectivity index (χ1v) is 6.21. The molecule has 0 heterocycles. The number of carboxylic acid groups (broad SMARTS) is 1. The van der Waals surface area contributed by atoms with Crippen LogP contribution >= 0.6 is 0 Å². The summed E-state index contributed by atoms with van der Waals surface area (Å²) >= 11 is 0. The molecular formula is C16H12FNO3. The van der Waals surface area contributed by atoms with Crippen LogP contribution in [0.3, 0.4) is 0 Å². The van der Waals surface area contributed by atoms with E-state index in [9.17, 15) is 9.18 Å². The molecule has 0 aliphatic heterocycles. The Morgan fingerprint density at radius 3 is 2.48 bits per heavy atom.